The van der Waals surface area contributed by atoms with Crippen molar-refractivity contribution in [3.63, 3.8) is 0 Å². The van der Waals surface area contributed by atoms with E-state index in [1.807, 2.05) is 18.2 Å². The predicted molar refractivity (Wildman–Crippen MR) is 281 cm³/mol. The van der Waals surface area contributed by atoms with Gasteiger partial charge >= 0.3 is 0 Å². The van der Waals surface area contributed by atoms with Gasteiger partial charge < -0.3 is 9.47 Å². The van der Waals surface area contributed by atoms with Gasteiger partial charge in [-0.1, -0.05) is 182 Å². The number of hydrogen-bond acceptors (Lipinski definition) is 4. The van der Waals surface area contributed by atoms with E-state index < -0.39 is 0 Å². The van der Waals surface area contributed by atoms with Crippen molar-refractivity contribution in [2.24, 2.45) is 0 Å². The van der Waals surface area contributed by atoms with Crippen LogP contribution < -0.4 is 4.90 Å². The third kappa shape index (κ3) is 7.78. The Morgan fingerprint density at radius 1 is 0.250 bits per heavy atom. The number of fused-ring (bicyclic) bond motifs is 3. The minimum absolute atomic E-state index is 0.609. The van der Waals surface area contributed by atoms with Crippen molar-refractivity contribution in [1.82, 2.24) is 19.5 Å². The van der Waals surface area contributed by atoms with Crippen LogP contribution in [-0.4, -0.2) is 19.5 Å². The SMILES string of the molecule is c1ccc(-c2ccc(N(c3ccc(-c4ccccc4)cc3)c3cccc(-c4cccc(-c5nc(-c6ccccc6)nc(-c6ccc7c(c6)c6ccccc6n7-c6ccccc6)n5)c4)c3)cc2)cc1. The van der Waals surface area contributed by atoms with Gasteiger partial charge in [0.15, 0.2) is 17.5 Å². The van der Waals surface area contributed by atoms with Crippen LogP contribution in [0.5, 0.6) is 0 Å². The zero-order valence-corrected chi connectivity index (χ0v) is 37.1. The first-order valence-electron chi connectivity index (χ1n) is 22.9. The quantitative estimate of drug-likeness (QED) is 0.137. The molecule has 2 heterocycles. The van der Waals surface area contributed by atoms with Gasteiger partial charge in [-0.15, -0.1) is 0 Å². The van der Waals surface area contributed by atoms with E-state index in [-0.39, 0.29) is 0 Å². The zero-order chi connectivity index (χ0) is 45.2. The molecule has 5 heteroatoms. The van der Waals surface area contributed by atoms with Crippen LogP contribution in [0.1, 0.15) is 0 Å². The fourth-order valence-electron chi connectivity index (χ4n) is 9.29. The maximum absolute atomic E-state index is 5.23. The largest absolute Gasteiger partial charge is 0.310 e. The number of para-hydroxylation sites is 2. The Bertz CT molecular complexity index is 3620. The van der Waals surface area contributed by atoms with Gasteiger partial charge in [-0.3, -0.25) is 0 Å². The van der Waals surface area contributed by atoms with Gasteiger partial charge in [-0.05, 0) is 112 Å². The van der Waals surface area contributed by atoms with E-state index in [0.29, 0.717) is 17.5 Å². The molecule has 0 N–H and O–H groups in total. The Balaban J connectivity index is 0.941. The van der Waals surface area contributed by atoms with E-state index in [1.54, 1.807) is 0 Å². The highest BCUT2D eigenvalue weighted by Gasteiger charge is 2.18. The summed E-state index contributed by atoms with van der Waals surface area (Å²) in [6, 6.07) is 91.8. The molecule has 12 aromatic rings. The van der Waals surface area contributed by atoms with E-state index in [0.717, 1.165) is 67.0 Å². The number of rotatable bonds is 10. The normalized spacial score (nSPS) is 11.2. The molecule has 0 amide bonds. The molecule has 0 aliphatic rings. The minimum atomic E-state index is 0.609. The van der Waals surface area contributed by atoms with Crippen molar-refractivity contribution in [2.45, 2.75) is 0 Å². The smallest absolute Gasteiger partial charge is 0.164 e. The molecule has 0 saturated carbocycles. The van der Waals surface area contributed by atoms with Gasteiger partial charge in [0.05, 0.1) is 11.0 Å². The molecule has 0 bridgehead atoms. The van der Waals surface area contributed by atoms with Gasteiger partial charge in [-0.2, -0.15) is 0 Å². The third-order valence-electron chi connectivity index (χ3n) is 12.6. The molecule has 0 fully saturated rings. The Morgan fingerprint density at radius 2 is 0.662 bits per heavy atom. The van der Waals surface area contributed by atoms with Crippen molar-refractivity contribution in [2.75, 3.05) is 4.90 Å². The number of anilines is 3. The molecule has 0 aliphatic carbocycles. The fourth-order valence-corrected chi connectivity index (χ4v) is 9.29. The molecular weight excluding hydrogens is 827 g/mol. The first-order valence-corrected chi connectivity index (χ1v) is 22.9. The van der Waals surface area contributed by atoms with Gasteiger partial charge in [0.2, 0.25) is 0 Å². The van der Waals surface area contributed by atoms with Crippen molar-refractivity contribution >= 4 is 38.9 Å². The molecule has 68 heavy (non-hydrogen) atoms. The third-order valence-corrected chi connectivity index (χ3v) is 12.6. The zero-order valence-electron chi connectivity index (χ0n) is 37.1. The van der Waals surface area contributed by atoms with Crippen LogP contribution >= 0.6 is 0 Å². The van der Waals surface area contributed by atoms with E-state index in [1.165, 1.54) is 27.6 Å². The summed E-state index contributed by atoms with van der Waals surface area (Å²) in [7, 11) is 0. The summed E-state index contributed by atoms with van der Waals surface area (Å²) in [5.74, 6) is 1.85. The molecule has 5 nitrogen and oxygen atoms in total. The molecule has 0 radical (unpaired) electrons. The lowest BCUT2D eigenvalue weighted by atomic mass is 10.0. The molecule has 0 unspecified atom stereocenters. The number of nitrogens with zero attached hydrogens (tertiary/aromatic N) is 5. The van der Waals surface area contributed by atoms with Gasteiger partial charge in [0.1, 0.15) is 0 Å². The molecule has 0 saturated heterocycles. The number of hydrogen-bond donors (Lipinski definition) is 0. The lowest BCUT2D eigenvalue weighted by Crippen LogP contribution is -2.10. The summed E-state index contributed by atoms with van der Waals surface area (Å²) in [5.41, 5.74) is 16.2. The average Bonchev–Trinajstić information content (AvgIpc) is 3.76. The highest BCUT2D eigenvalue weighted by molar-refractivity contribution is 6.10. The summed E-state index contributed by atoms with van der Waals surface area (Å²) in [6.07, 6.45) is 0. The Hall–Kier alpha value is -9.19. The second-order valence-corrected chi connectivity index (χ2v) is 16.9. The average molecular weight is 870 g/mol. The molecular formula is C63H43N5. The lowest BCUT2D eigenvalue weighted by Gasteiger charge is -2.26. The van der Waals surface area contributed by atoms with Crippen LogP contribution in [0.2, 0.25) is 0 Å². The van der Waals surface area contributed by atoms with E-state index in [9.17, 15) is 0 Å². The van der Waals surface area contributed by atoms with Gasteiger partial charge in [0, 0.05) is 50.2 Å². The Kier molecular flexibility index (Phi) is 10.5. The molecule has 320 valence electrons. The number of aromatic nitrogens is 4. The van der Waals surface area contributed by atoms with Crippen molar-refractivity contribution < 1.29 is 0 Å². The maximum atomic E-state index is 5.23. The molecule has 12 rings (SSSR count). The highest BCUT2D eigenvalue weighted by atomic mass is 15.1. The van der Waals surface area contributed by atoms with E-state index >= 15 is 0 Å². The summed E-state index contributed by atoms with van der Waals surface area (Å²) >= 11 is 0. The fraction of sp³-hybridized carbons (Fsp3) is 0. The molecule has 10 aromatic carbocycles. The number of benzene rings is 10. The maximum Gasteiger partial charge on any atom is 0.164 e. The lowest BCUT2D eigenvalue weighted by molar-refractivity contribution is 1.07. The van der Waals surface area contributed by atoms with Crippen LogP contribution in [0.25, 0.3) is 95.0 Å². The standard InChI is InChI=1S/C63H43N5/c1-5-17-44(18-6-1)46-31-36-54(37-32-46)67(55-38-33-47(34-39-55)45-19-7-2-8-20-45)56-28-16-24-50(42-56)49-23-15-25-51(41-49)62-64-61(48-21-9-3-10-22-48)65-63(66-62)52-35-40-60-58(43-52)57-29-13-14-30-59(57)68(60)53-26-11-4-12-27-53/h1-43H. The van der Waals surface area contributed by atoms with Gasteiger partial charge in [-0.25, -0.2) is 15.0 Å². The predicted octanol–water partition coefficient (Wildman–Crippen LogP) is 16.4. The first-order chi connectivity index (χ1) is 33.7. The van der Waals surface area contributed by atoms with E-state index in [2.05, 4.69) is 252 Å². The van der Waals surface area contributed by atoms with Crippen molar-refractivity contribution in [3.05, 3.63) is 261 Å². The van der Waals surface area contributed by atoms with Crippen molar-refractivity contribution in [1.29, 1.82) is 0 Å². The Labute approximate surface area is 395 Å². The van der Waals surface area contributed by atoms with Crippen LogP contribution in [0, 0.1) is 0 Å². The Morgan fingerprint density at radius 3 is 1.26 bits per heavy atom. The van der Waals surface area contributed by atoms with Crippen LogP contribution in [0.4, 0.5) is 17.1 Å². The van der Waals surface area contributed by atoms with Crippen LogP contribution in [0.3, 0.4) is 0 Å². The summed E-state index contributed by atoms with van der Waals surface area (Å²) < 4.78 is 2.33. The van der Waals surface area contributed by atoms with Crippen LogP contribution in [0.15, 0.2) is 261 Å². The monoisotopic (exact) mass is 869 g/mol. The second kappa shape index (κ2) is 17.7. The van der Waals surface area contributed by atoms with Gasteiger partial charge in [0.25, 0.3) is 0 Å². The van der Waals surface area contributed by atoms with Crippen LogP contribution in [-0.2, 0) is 0 Å². The first kappa shape index (κ1) is 40.3. The van der Waals surface area contributed by atoms with Crippen molar-refractivity contribution in [3.8, 4) is 73.2 Å². The topological polar surface area (TPSA) is 46.8 Å². The summed E-state index contributed by atoms with van der Waals surface area (Å²) in [5, 5.41) is 2.31. The molecule has 0 aliphatic heterocycles. The molecule has 2 aromatic heterocycles. The summed E-state index contributed by atoms with van der Waals surface area (Å²) in [4.78, 5) is 17.8. The molecule has 0 atom stereocenters. The highest BCUT2D eigenvalue weighted by Crippen LogP contribution is 2.40. The minimum Gasteiger partial charge on any atom is -0.310 e. The summed E-state index contributed by atoms with van der Waals surface area (Å²) in [6.45, 7) is 0. The second-order valence-electron chi connectivity index (χ2n) is 16.9. The molecule has 0 spiro atoms. The van der Waals surface area contributed by atoms with E-state index in [4.69, 9.17) is 15.0 Å².